The number of aryl methyl sites for hydroxylation is 2. The average Bonchev–Trinajstić information content (AvgIpc) is 2.70. The summed E-state index contributed by atoms with van der Waals surface area (Å²) >= 11 is -1.10. The predicted octanol–water partition coefficient (Wildman–Crippen LogP) is 0.767. The van der Waals surface area contributed by atoms with E-state index >= 15 is 0 Å². The van der Waals surface area contributed by atoms with Crippen LogP contribution in [0.1, 0.15) is 11.5 Å². The van der Waals surface area contributed by atoms with Gasteiger partial charge in [0.2, 0.25) is 0 Å². The van der Waals surface area contributed by atoms with Crippen LogP contribution in [-0.4, -0.2) is 29.3 Å². The van der Waals surface area contributed by atoms with Crippen LogP contribution in [0.25, 0.3) is 0 Å². The fourth-order valence-electron chi connectivity index (χ4n) is 1.65. The molecule has 0 aliphatic carbocycles. The summed E-state index contributed by atoms with van der Waals surface area (Å²) in [5.41, 5.74) is 0.713. The first-order valence-corrected chi connectivity index (χ1v) is 8.52. The van der Waals surface area contributed by atoms with Crippen LogP contribution >= 0.6 is 0 Å². The fraction of sp³-hybridized carbons (Fsp3) is 0.182. The zero-order valence-electron chi connectivity index (χ0n) is 10.2. The summed E-state index contributed by atoms with van der Waals surface area (Å²) in [6, 6.07) is 6.38. The SMILES string of the molecule is Cc1noc(C)c1S(=O)(=O)Nc1ccc([As]=O)cc1. The van der Waals surface area contributed by atoms with Gasteiger partial charge in [0.15, 0.2) is 0 Å². The van der Waals surface area contributed by atoms with Gasteiger partial charge in [0.25, 0.3) is 0 Å². The Kier molecular flexibility index (Phi) is 3.87. The Balaban J connectivity index is 2.33. The molecule has 8 heteroatoms. The van der Waals surface area contributed by atoms with Crippen LogP contribution in [0.4, 0.5) is 5.69 Å². The second kappa shape index (κ2) is 5.27. The number of aromatic nitrogens is 1. The molecule has 0 unspecified atom stereocenters. The first-order valence-electron chi connectivity index (χ1n) is 5.33. The van der Waals surface area contributed by atoms with Crippen molar-refractivity contribution >= 4 is 35.8 Å². The molecule has 1 aromatic heterocycles. The second-order valence-electron chi connectivity index (χ2n) is 3.90. The number of nitrogens with one attached hydrogen (secondary N) is 1. The molecule has 0 aliphatic rings. The summed E-state index contributed by atoms with van der Waals surface area (Å²) < 4.78 is 43.1. The Morgan fingerprint density at radius 3 is 2.32 bits per heavy atom. The minimum atomic E-state index is -3.73. The zero-order valence-corrected chi connectivity index (χ0v) is 12.9. The number of sulfonamides is 1. The Morgan fingerprint density at radius 2 is 1.84 bits per heavy atom. The molecule has 2 aromatic rings. The first-order chi connectivity index (χ1) is 8.94. The molecule has 0 saturated heterocycles. The quantitative estimate of drug-likeness (QED) is 0.829. The van der Waals surface area contributed by atoms with Crippen molar-refractivity contribution in [1.29, 1.82) is 0 Å². The van der Waals surface area contributed by atoms with Gasteiger partial charge in [-0.25, -0.2) is 0 Å². The van der Waals surface area contributed by atoms with E-state index in [1.807, 2.05) is 0 Å². The molecule has 0 amide bonds. The van der Waals surface area contributed by atoms with Crippen LogP contribution in [0.15, 0.2) is 33.7 Å². The molecule has 19 heavy (non-hydrogen) atoms. The summed E-state index contributed by atoms with van der Waals surface area (Å²) in [4.78, 5) is 0.0479. The molecule has 0 bridgehead atoms. The van der Waals surface area contributed by atoms with Crippen LogP contribution < -0.4 is 9.07 Å². The minimum absolute atomic E-state index is 0.0479. The number of rotatable bonds is 4. The van der Waals surface area contributed by atoms with E-state index in [1.165, 1.54) is 0 Å². The summed E-state index contributed by atoms with van der Waals surface area (Å²) in [5, 5.41) is 3.62. The molecule has 2 rings (SSSR count). The average molecular weight is 342 g/mol. The molecule has 1 aromatic carbocycles. The third-order valence-corrected chi connectivity index (χ3v) is 5.15. The van der Waals surface area contributed by atoms with Gasteiger partial charge in [0.05, 0.1) is 0 Å². The number of benzene rings is 1. The summed E-state index contributed by atoms with van der Waals surface area (Å²) in [7, 11) is -3.73. The van der Waals surface area contributed by atoms with Crippen molar-refractivity contribution in [2.24, 2.45) is 0 Å². The maximum absolute atomic E-state index is 12.2. The molecule has 1 N–H and O–H groups in total. The van der Waals surface area contributed by atoms with E-state index in [-0.39, 0.29) is 10.7 Å². The molecule has 100 valence electrons. The Labute approximate surface area is 117 Å². The number of hydrogen-bond donors (Lipinski definition) is 1. The second-order valence-corrected chi connectivity index (χ2v) is 6.98. The van der Waals surface area contributed by atoms with Gasteiger partial charge >= 0.3 is 117 Å². The van der Waals surface area contributed by atoms with Gasteiger partial charge in [-0.1, -0.05) is 0 Å². The van der Waals surface area contributed by atoms with Crippen molar-refractivity contribution in [3.05, 3.63) is 35.7 Å². The Morgan fingerprint density at radius 1 is 1.21 bits per heavy atom. The molecule has 0 aliphatic heterocycles. The van der Waals surface area contributed by atoms with Crippen molar-refractivity contribution in [2.75, 3.05) is 4.72 Å². The molecular weight excluding hydrogens is 331 g/mol. The summed E-state index contributed by atoms with van der Waals surface area (Å²) in [6.07, 6.45) is 0. The standard InChI is InChI=1S/C11H11AsN2O4S/c1-7-11(8(2)18-13-7)19(16,17)14-10-5-3-9(12-15)4-6-10/h3-6,14H,1-2H3. The van der Waals surface area contributed by atoms with Crippen LogP contribution in [0.2, 0.25) is 0 Å². The summed E-state index contributed by atoms with van der Waals surface area (Å²) in [5.74, 6) is 0.242. The van der Waals surface area contributed by atoms with Crippen LogP contribution in [0.3, 0.4) is 0 Å². The van der Waals surface area contributed by atoms with Gasteiger partial charge in [-0.2, -0.15) is 0 Å². The molecule has 0 atom stereocenters. The van der Waals surface area contributed by atoms with Gasteiger partial charge in [-0.15, -0.1) is 0 Å². The fourth-order valence-corrected chi connectivity index (χ4v) is 3.61. The Hall–Kier alpha value is -1.46. The molecule has 0 saturated carbocycles. The monoisotopic (exact) mass is 342 g/mol. The van der Waals surface area contributed by atoms with E-state index in [2.05, 4.69) is 9.88 Å². The van der Waals surface area contributed by atoms with Gasteiger partial charge in [0, 0.05) is 0 Å². The molecule has 6 nitrogen and oxygen atoms in total. The van der Waals surface area contributed by atoms with E-state index in [0.29, 0.717) is 15.7 Å². The van der Waals surface area contributed by atoms with Crippen molar-refractivity contribution < 1.29 is 16.7 Å². The van der Waals surface area contributed by atoms with Gasteiger partial charge < -0.3 is 0 Å². The van der Waals surface area contributed by atoms with Crippen LogP contribution in [0.5, 0.6) is 0 Å². The van der Waals surface area contributed by atoms with Crippen molar-refractivity contribution in [2.45, 2.75) is 18.7 Å². The number of anilines is 1. The van der Waals surface area contributed by atoms with Crippen LogP contribution in [-0.2, 0) is 13.8 Å². The van der Waals surface area contributed by atoms with E-state index in [9.17, 15) is 12.2 Å². The van der Waals surface area contributed by atoms with Crippen molar-refractivity contribution in [3.63, 3.8) is 0 Å². The molecule has 0 fully saturated rings. The van der Waals surface area contributed by atoms with Crippen molar-refractivity contribution in [3.8, 4) is 0 Å². The first kappa shape index (κ1) is 14.0. The number of hydrogen-bond acceptors (Lipinski definition) is 5. The normalized spacial score (nSPS) is 11.7. The molecule has 1 heterocycles. The van der Waals surface area contributed by atoms with E-state index in [1.54, 1.807) is 38.1 Å². The molecule has 0 spiro atoms. The number of nitrogens with zero attached hydrogens (tertiary/aromatic N) is 1. The Bertz CT molecular complexity index is 687. The third kappa shape index (κ3) is 2.93. The molecule has 0 radical (unpaired) electrons. The van der Waals surface area contributed by atoms with Gasteiger partial charge in [-0.3, -0.25) is 0 Å². The predicted molar refractivity (Wildman–Crippen MR) is 69.3 cm³/mol. The van der Waals surface area contributed by atoms with Crippen molar-refractivity contribution in [1.82, 2.24) is 5.16 Å². The summed E-state index contributed by atoms with van der Waals surface area (Å²) in [6.45, 7) is 3.11. The molecular formula is C11H11AsN2O4S. The third-order valence-electron chi connectivity index (χ3n) is 2.46. The van der Waals surface area contributed by atoms with E-state index < -0.39 is 25.7 Å². The van der Waals surface area contributed by atoms with Crippen LogP contribution in [0, 0.1) is 13.8 Å². The van der Waals surface area contributed by atoms with E-state index in [0.717, 1.165) is 0 Å². The topological polar surface area (TPSA) is 89.3 Å². The zero-order chi connectivity index (χ0) is 14.0. The maximum atomic E-state index is 12.2. The van der Waals surface area contributed by atoms with Gasteiger partial charge in [-0.05, 0) is 0 Å². The van der Waals surface area contributed by atoms with E-state index in [4.69, 9.17) is 4.52 Å². The van der Waals surface area contributed by atoms with Gasteiger partial charge in [0.1, 0.15) is 0 Å².